The number of hydrogen-bond acceptors (Lipinski definition) is 2. The van der Waals surface area contributed by atoms with Crippen molar-refractivity contribution >= 4 is 21.9 Å². The van der Waals surface area contributed by atoms with Crippen molar-refractivity contribution < 1.29 is 9.90 Å². The van der Waals surface area contributed by atoms with Crippen LogP contribution in [0.5, 0.6) is 0 Å². The SMILES string of the molecule is Cc1cc(CN2CCCC2C(=O)O)ccc1Br. The molecule has 0 bridgehead atoms. The van der Waals surface area contributed by atoms with Crippen LogP contribution < -0.4 is 0 Å². The molecule has 1 heterocycles. The van der Waals surface area contributed by atoms with Gasteiger partial charge in [0.15, 0.2) is 0 Å². The Kier molecular flexibility index (Phi) is 3.84. The lowest BCUT2D eigenvalue weighted by atomic mass is 10.1. The van der Waals surface area contributed by atoms with E-state index in [-0.39, 0.29) is 6.04 Å². The molecular formula is C13H16BrNO2. The van der Waals surface area contributed by atoms with Gasteiger partial charge in [-0.3, -0.25) is 9.69 Å². The molecule has 0 radical (unpaired) electrons. The van der Waals surface area contributed by atoms with Gasteiger partial charge in [0, 0.05) is 11.0 Å². The lowest BCUT2D eigenvalue weighted by Crippen LogP contribution is -2.35. The maximum absolute atomic E-state index is 11.1. The maximum atomic E-state index is 11.1. The smallest absolute Gasteiger partial charge is 0.320 e. The van der Waals surface area contributed by atoms with E-state index in [9.17, 15) is 4.79 Å². The van der Waals surface area contributed by atoms with Gasteiger partial charge in [-0.2, -0.15) is 0 Å². The number of carboxylic acid groups (broad SMARTS) is 1. The van der Waals surface area contributed by atoms with Gasteiger partial charge in [-0.15, -0.1) is 0 Å². The number of carbonyl (C=O) groups is 1. The van der Waals surface area contributed by atoms with Crippen molar-refractivity contribution in [2.75, 3.05) is 6.54 Å². The Labute approximate surface area is 110 Å². The summed E-state index contributed by atoms with van der Waals surface area (Å²) >= 11 is 3.47. The van der Waals surface area contributed by atoms with Crippen molar-refractivity contribution in [3.05, 3.63) is 33.8 Å². The minimum atomic E-state index is -0.698. The summed E-state index contributed by atoms with van der Waals surface area (Å²) in [5.74, 6) is -0.698. The molecule has 1 N–H and O–H groups in total. The molecule has 3 nitrogen and oxygen atoms in total. The summed E-state index contributed by atoms with van der Waals surface area (Å²) in [5, 5.41) is 9.11. The molecule has 17 heavy (non-hydrogen) atoms. The predicted molar refractivity (Wildman–Crippen MR) is 69.9 cm³/mol. The van der Waals surface area contributed by atoms with Crippen LogP contribution in [0.2, 0.25) is 0 Å². The lowest BCUT2D eigenvalue weighted by Gasteiger charge is -2.21. The fraction of sp³-hybridized carbons (Fsp3) is 0.462. The van der Waals surface area contributed by atoms with Crippen LogP contribution in [0.4, 0.5) is 0 Å². The van der Waals surface area contributed by atoms with Gasteiger partial charge in [0.25, 0.3) is 0 Å². The average Bonchev–Trinajstić information content (AvgIpc) is 2.72. The van der Waals surface area contributed by atoms with Crippen LogP contribution in [0.15, 0.2) is 22.7 Å². The van der Waals surface area contributed by atoms with Gasteiger partial charge in [0.2, 0.25) is 0 Å². The van der Waals surface area contributed by atoms with Gasteiger partial charge in [-0.25, -0.2) is 0 Å². The molecule has 1 aliphatic heterocycles. The van der Waals surface area contributed by atoms with Crippen LogP contribution in [-0.4, -0.2) is 28.6 Å². The number of nitrogens with zero attached hydrogens (tertiary/aromatic N) is 1. The summed E-state index contributed by atoms with van der Waals surface area (Å²) in [6.07, 6.45) is 1.75. The molecule has 1 saturated heterocycles. The average molecular weight is 298 g/mol. The van der Waals surface area contributed by atoms with Crippen molar-refractivity contribution in [2.45, 2.75) is 32.4 Å². The number of carboxylic acids is 1. The molecule has 0 amide bonds. The van der Waals surface area contributed by atoms with Crippen LogP contribution in [0.25, 0.3) is 0 Å². The van der Waals surface area contributed by atoms with Gasteiger partial charge >= 0.3 is 5.97 Å². The zero-order valence-electron chi connectivity index (χ0n) is 9.82. The summed E-state index contributed by atoms with van der Waals surface area (Å²) in [6, 6.07) is 5.88. The molecule has 1 fully saturated rings. The Hall–Kier alpha value is -0.870. The molecule has 92 valence electrons. The van der Waals surface area contributed by atoms with Crippen LogP contribution in [0, 0.1) is 6.92 Å². The molecule has 0 aliphatic carbocycles. The first-order valence-corrected chi connectivity index (χ1v) is 6.59. The Morgan fingerprint density at radius 1 is 1.59 bits per heavy atom. The highest BCUT2D eigenvalue weighted by atomic mass is 79.9. The van der Waals surface area contributed by atoms with Crippen molar-refractivity contribution in [2.24, 2.45) is 0 Å². The number of hydrogen-bond donors (Lipinski definition) is 1. The largest absolute Gasteiger partial charge is 0.480 e. The van der Waals surface area contributed by atoms with E-state index in [0.29, 0.717) is 0 Å². The standard InChI is InChI=1S/C13H16BrNO2/c1-9-7-10(4-5-11(9)14)8-15-6-2-3-12(15)13(16)17/h4-5,7,12H,2-3,6,8H2,1H3,(H,16,17). The van der Waals surface area contributed by atoms with E-state index in [0.717, 1.165) is 30.4 Å². The second kappa shape index (κ2) is 5.19. The highest BCUT2D eigenvalue weighted by molar-refractivity contribution is 9.10. The summed E-state index contributed by atoms with van der Waals surface area (Å²) in [5.41, 5.74) is 2.37. The second-order valence-corrected chi connectivity index (χ2v) is 5.40. The first-order chi connectivity index (χ1) is 8.08. The van der Waals surface area contributed by atoms with Crippen molar-refractivity contribution in [3.8, 4) is 0 Å². The van der Waals surface area contributed by atoms with Crippen LogP contribution in [0.3, 0.4) is 0 Å². The normalized spacial score (nSPS) is 20.7. The lowest BCUT2D eigenvalue weighted by molar-refractivity contribution is -0.142. The topological polar surface area (TPSA) is 40.5 Å². The first kappa shape index (κ1) is 12.6. The number of rotatable bonds is 3. The number of benzene rings is 1. The summed E-state index contributed by atoms with van der Waals surface area (Å²) in [6.45, 7) is 3.66. The highest BCUT2D eigenvalue weighted by Gasteiger charge is 2.30. The molecule has 2 rings (SSSR count). The Morgan fingerprint density at radius 3 is 3.00 bits per heavy atom. The maximum Gasteiger partial charge on any atom is 0.320 e. The molecule has 1 atom stereocenters. The monoisotopic (exact) mass is 297 g/mol. The first-order valence-electron chi connectivity index (χ1n) is 5.80. The highest BCUT2D eigenvalue weighted by Crippen LogP contribution is 2.22. The molecule has 0 saturated carbocycles. The summed E-state index contributed by atoms with van der Waals surface area (Å²) in [4.78, 5) is 13.1. The van der Waals surface area contributed by atoms with Gasteiger partial charge in [0.05, 0.1) is 0 Å². The zero-order chi connectivity index (χ0) is 12.4. The third-order valence-corrected chi connectivity index (χ3v) is 4.15. The van der Waals surface area contributed by atoms with Gasteiger partial charge in [0.1, 0.15) is 6.04 Å². The number of halogens is 1. The van der Waals surface area contributed by atoms with Crippen LogP contribution in [-0.2, 0) is 11.3 Å². The minimum absolute atomic E-state index is 0.307. The number of aliphatic carboxylic acids is 1. The molecule has 1 aromatic rings. The van der Waals surface area contributed by atoms with E-state index in [2.05, 4.69) is 22.0 Å². The summed E-state index contributed by atoms with van der Waals surface area (Å²) < 4.78 is 1.09. The van der Waals surface area contributed by atoms with E-state index in [1.165, 1.54) is 11.1 Å². The third kappa shape index (κ3) is 2.87. The molecule has 1 aliphatic rings. The van der Waals surface area contributed by atoms with Crippen molar-refractivity contribution in [1.29, 1.82) is 0 Å². The second-order valence-electron chi connectivity index (χ2n) is 4.55. The molecular weight excluding hydrogens is 282 g/mol. The van der Waals surface area contributed by atoms with Gasteiger partial charge in [-0.1, -0.05) is 28.1 Å². The third-order valence-electron chi connectivity index (χ3n) is 3.26. The van der Waals surface area contributed by atoms with E-state index in [4.69, 9.17) is 5.11 Å². The fourth-order valence-corrected chi connectivity index (χ4v) is 2.58. The Morgan fingerprint density at radius 2 is 2.35 bits per heavy atom. The Balaban J connectivity index is 2.09. The zero-order valence-corrected chi connectivity index (χ0v) is 11.4. The molecule has 1 aromatic carbocycles. The minimum Gasteiger partial charge on any atom is -0.480 e. The number of likely N-dealkylation sites (tertiary alicyclic amines) is 1. The Bertz CT molecular complexity index is 433. The van der Waals surface area contributed by atoms with Crippen molar-refractivity contribution in [1.82, 2.24) is 4.90 Å². The predicted octanol–water partition coefficient (Wildman–Crippen LogP) is 2.81. The molecule has 4 heteroatoms. The molecule has 1 unspecified atom stereocenters. The van der Waals surface area contributed by atoms with E-state index in [1.807, 2.05) is 24.0 Å². The van der Waals surface area contributed by atoms with Crippen LogP contribution in [0.1, 0.15) is 24.0 Å². The van der Waals surface area contributed by atoms with E-state index < -0.39 is 5.97 Å². The molecule has 0 aromatic heterocycles. The van der Waals surface area contributed by atoms with E-state index >= 15 is 0 Å². The summed E-state index contributed by atoms with van der Waals surface area (Å²) in [7, 11) is 0. The fourth-order valence-electron chi connectivity index (χ4n) is 2.33. The van der Waals surface area contributed by atoms with Gasteiger partial charge in [-0.05, 0) is 43.5 Å². The number of aryl methyl sites for hydroxylation is 1. The van der Waals surface area contributed by atoms with Crippen LogP contribution >= 0.6 is 15.9 Å². The molecule has 0 spiro atoms. The van der Waals surface area contributed by atoms with Crippen molar-refractivity contribution in [3.63, 3.8) is 0 Å². The quantitative estimate of drug-likeness (QED) is 0.933. The van der Waals surface area contributed by atoms with Gasteiger partial charge < -0.3 is 5.11 Å². The van der Waals surface area contributed by atoms with E-state index in [1.54, 1.807) is 0 Å².